The van der Waals surface area contributed by atoms with Crippen molar-refractivity contribution in [2.45, 2.75) is 25.7 Å². The Balaban J connectivity index is 2.31. The van der Waals surface area contributed by atoms with Crippen LogP contribution in [0.4, 0.5) is 13.2 Å². The second-order valence-corrected chi connectivity index (χ2v) is 3.16. The molecule has 15 heavy (non-hydrogen) atoms. The summed E-state index contributed by atoms with van der Waals surface area (Å²) in [5, 5.41) is 11.2. The third kappa shape index (κ3) is 3.52. The highest BCUT2D eigenvalue weighted by Crippen LogP contribution is 2.19. The number of alkyl halides is 3. The molecule has 7 heteroatoms. The van der Waals surface area contributed by atoms with Crippen LogP contribution in [0.3, 0.4) is 0 Å². The Hall–Kier alpha value is -1.08. The van der Waals surface area contributed by atoms with Crippen LogP contribution in [-0.2, 0) is 6.54 Å². The average molecular weight is 223 g/mol. The lowest BCUT2D eigenvalue weighted by atomic mass is 10.3. The van der Waals surface area contributed by atoms with Gasteiger partial charge in [0.2, 0.25) is 0 Å². The number of aliphatic hydroxyl groups excluding tert-OH is 1. The highest BCUT2D eigenvalue weighted by atomic mass is 19.4. The van der Waals surface area contributed by atoms with Gasteiger partial charge in [0.25, 0.3) is 0 Å². The van der Waals surface area contributed by atoms with Crippen molar-refractivity contribution in [3.63, 3.8) is 0 Å². The minimum Gasteiger partial charge on any atom is -0.382 e. The normalized spacial score (nSPS) is 14.2. The van der Waals surface area contributed by atoms with Crippen molar-refractivity contribution in [2.24, 2.45) is 0 Å². The first-order chi connectivity index (χ1) is 6.91. The first kappa shape index (κ1) is 12.0. The lowest BCUT2D eigenvalue weighted by molar-refractivity contribution is -0.201. The van der Waals surface area contributed by atoms with Crippen molar-refractivity contribution < 1.29 is 18.3 Å². The minimum atomic E-state index is -4.58. The van der Waals surface area contributed by atoms with Crippen molar-refractivity contribution >= 4 is 0 Å². The molecule has 0 aliphatic heterocycles. The molecule has 86 valence electrons. The second-order valence-electron chi connectivity index (χ2n) is 3.16. The molecule has 0 fully saturated rings. The number of H-pyrrole nitrogens is 1. The molecule has 1 aromatic heterocycles. The van der Waals surface area contributed by atoms with Crippen LogP contribution in [0.1, 0.15) is 11.4 Å². The predicted molar refractivity (Wildman–Crippen MR) is 47.1 cm³/mol. The van der Waals surface area contributed by atoms with Crippen LogP contribution >= 0.6 is 0 Å². The number of aryl methyl sites for hydroxylation is 1. The van der Waals surface area contributed by atoms with Gasteiger partial charge in [-0.2, -0.15) is 13.2 Å². The molecular weight excluding hydrogens is 211 g/mol. The Morgan fingerprint density at radius 1 is 1.60 bits per heavy atom. The molecule has 1 unspecified atom stereocenters. The van der Waals surface area contributed by atoms with E-state index in [1.165, 1.54) is 6.33 Å². The average Bonchev–Trinajstić information content (AvgIpc) is 2.50. The van der Waals surface area contributed by atoms with Crippen LogP contribution in [0.25, 0.3) is 0 Å². The number of imidazole rings is 1. The summed E-state index contributed by atoms with van der Waals surface area (Å²) < 4.78 is 35.6. The molecule has 1 rings (SSSR count). The summed E-state index contributed by atoms with van der Waals surface area (Å²) in [5.74, 6) is 0. The molecule has 4 nitrogen and oxygen atoms in total. The molecule has 1 atom stereocenters. The second kappa shape index (κ2) is 4.63. The van der Waals surface area contributed by atoms with Crippen LogP contribution < -0.4 is 5.32 Å². The fourth-order valence-corrected chi connectivity index (χ4v) is 1.01. The van der Waals surface area contributed by atoms with Gasteiger partial charge in [-0.05, 0) is 6.92 Å². The highest BCUT2D eigenvalue weighted by Gasteiger charge is 2.37. The number of hydrogen-bond donors (Lipinski definition) is 3. The van der Waals surface area contributed by atoms with Gasteiger partial charge in [-0.15, -0.1) is 0 Å². The molecule has 0 saturated carbocycles. The van der Waals surface area contributed by atoms with Gasteiger partial charge in [0.1, 0.15) is 0 Å². The zero-order chi connectivity index (χ0) is 11.5. The van der Waals surface area contributed by atoms with E-state index in [1.807, 2.05) is 0 Å². The fourth-order valence-electron chi connectivity index (χ4n) is 1.01. The van der Waals surface area contributed by atoms with E-state index in [-0.39, 0.29) is 6.54 Å². The third-order valence-corrected chi connectivity index (χ3v) is 1.94. The quantitative estimate of drug-likeness (QED) is 0.705. The van der Waals surface area contributed by atoms with E-state index in [9.17, 15) is 13.2 Å². The largest absolute Gasteiger partial charge is 0.415 e. The molecule has 0 bridgehead atoms. The molecule has 0 aliphatic rings. The highest BCUT2D eigenvalue weighted by molar-refractivity contribution is 5.07. The van der Waals surface area contributed by atoms with Crippen LogP contribution in [0, 0.1) is 6.92 Å². The first-order valence-electron chi connectivity index (χ1n) is 4.35. The zero-order valence-electron chi connectivity index (χ0n) is 8.10. The van der Waals surface area contributed by atoms with Gasteiger partial charge in [0.15, 0.2) is 6.10 Å². The van der Waals surface area contributed by atoms with Crippen LogP contribution in [-0.4, -0.2) is 33.9 Å². The number of aromatic amines is 1. The lowest BCUT2D eigenvalue weighted by Crippen LogP contribution is -2.38. The Morgan fingerprint density at radius 3 is 2.73 bits per heavy atom. The molecule has 0 aromatic carbocycles. The number of halogens is 3. The van der Waals surface area contributed by atoms with E-state index in [1.54, 1.807) is 6.92 Å². The third-order valence-electron chi connectivity index (χ3n) is 1.94. The molecular formula is C8H12F3N3O. The first-order valence-corrected chi connectivity index (χ1v) is 4.35. The van der Waals surface area contributed by atoms with Gasteiger partial charge < -0.3 is 15.4 Å². The zero-order valence-corrected chi connectivity index (χ0v) is 8.10. The number of hydrogen-bond acceptors (Lipinski definition) is 3. The molecule has 0 saturated heterocycles. The topological polar surface area (TPSA) is 60.9 Å². The van der Waals surface area contributed by atoms with Gasteiger partial charge in [0.05, 0.1) is 12.0 Å². The summed E-state index contributed by atoms with van der Waals surface area (Å²) in [5.41, 5.74) is 1.44. The van der Waals surface area contributed by atoms with Crippen LogP contribution in [0.15, 0.2) is 6.33 Å². The summed E-state index contributed by atoms with van der Waals surface area (Å²) in [6.07, 6.45) is -5.45. The van der Waals surface area contributed by atoms with Gasteiger partial charge >= 0.3 is 6.18 Å². The Kier molecular flexibility index (Phi) is 3.70. The van der Waals surface area contributed by atoms with Gasteiger partial charge in [-0.3, -0.25) is 0 Å². The number of aliphatic hydroxyl groups is 1. The summed E-state index contributed by atoms with van der Waals surface area (Å²) in [6.45, 7) is 1.43. The number of rotatable bonds is 4. The van der Waals surface area contributed by atoms with Gasteiger partial charge in [-0.25, -0.2) is 4.98 Å². The van der Waals surface area contributed by atoms with Crippen molar-refractivity contribution in [2.75, 3.05) is 6.54 Å². The maximum Gasteiger partial charge on any atom is 0.415 e. The molecule has 1 heterocycles. The Labute approximate surface area is 84.5 Å². The molecule has 0 spiro atoms. The van der Waals surface area contributed by atoms with E-state index in [2.05, 4.69) is 15.3 Å². The van der Waals surface area contributed by atoms with Crippen LogP contribution in [0.2, 0.25) is 0 Å². The van der Waals surface area contributed by atoms with E-state index in [0.29, 0.717) is 5.69 Å². The van der Waals surface area contributed by atoms with E-state index in [4.69, 9.17) is 5.11 Å². The summed E-state index contributed by atoms with van der Waals surface area (Å²) >= 11 is 0. The van der Waals surface area contributed by atoms with Gasteiger partial charge in [0, 0.05) is 18.8 Å². The molecule has 0 aliphatic carbocycles. The van der Waals surface area contributed by atoms with Crippen molar-refractivity contribution in [3.8, 4) is 0 Å². The van der Waals surface area contributed by atoms with Crippen molar-refractivity contribution in [1.82, 2.24) is 15.3 Å². The predicted octanol–water partition coefficient (Wildman–Crippen LogP) is 0.731. The number of nitrogens with zero attached hydrogens (tertiary/aromatic N) is 1. The van der Waals surface area contributed by atoms with Crippen molar-refractivity contribution in [1.29, 1.82) is 0 Å². The molecule has 3 N–H and O–H groups in total. The monoisotopic (exact) mass is 223 g/mol. The summed E-state index contributed by atoms with van der Waals surface area (Å²) in [7, 11) is 0. The minimum absolute atomic E-state index is 0.197. The molecule has 1 aromatic rings. The van der Waals surface area contributed by atoms with E-state index in [0.717, 1.165) is 5.69 Å². The Bertz CT molecular complexity index is 310. The fraction of sp³-hybridized carbons (Fsp3) is 0.625. The smallest absolute Gasteiger partial charge is 0.382 e. The molecule has 0 amide bonds. The SMILES string of the molecule is Cc1[nH]cnc1CNCC(O)C(F)(F)F. The van der Waals surface area contributed by atoms with E-state index < -0.39 is 18.8 Å². The number of nitrogens with one attached hydrogen (secondary N) is 2. The molecule has 0 radical (unpaired) electrons. The summed E-state index contributed by atoms with van der Waals surface area (Å²) in [6, 6.07) is 0. The Morgan fingerprint density at radius 2 is 2.27 bits per heavy atom. The maximum absolute atomic E-state index is 11.9. The number of aromatic nitrogens is 2. The van der Waals surface area contributed by atoms with Crippen molar-refractivity contribution in [3.05, 3.63) is 17.7 Å². The van der Waals surface area contributed by atoms with Gasteiger partial charge in [-0.1, -0.05) is 0 Å². The lowest BCUT2D eigenvalue weighted by Gasteiger charge is -2.14. The maximum atomic E-state index is 11.9. The standard InChI is InChI=1S/C8H12F3N3O/c1-5-6(14-4-13-5)2-12-3-7(15)8(9,10)11/h4,7,12,15H,2-3H2,1H3,(H,13,14). The summed E-state index contributed by atoms with van der Waals surface area (Å²) in [4.78, 5) is 6.70. The van der Waals surface area contributed by atoms with E-state index >= 15 is 0 Å². The van der Waals surface area contributed by atoms with Crippen LogP contribution in [0.5, 0.6) is 0 Å².